The molecule has 1 aromatic rings. The minimum atomic E-state index is -0.600. The SMILES string of the molecule is NCC1CCCCC1Nc1cc(F)cc([N+](=O)[O-])c1. The van der Waals surface area contributed by atoms with E-state index in [1.807, 2.05) is 0 Å². The number of nitro groups is 1. The summed E-state index contributed by atoms with van der Waals surface area (Å²) < 4.78 is 13.4. The first-order chi connectivity index (χ1) is 9.10. The van der Waals surface area contributed by atoms with Gasteiger partial charge in [0.2, 0.25) is 0 Å². The van der Waals surface area contributed by atoms with Gasteiger partial charge in [-0.05, 0) is 31.4 Å². The molecule has 2 atom stereocenters. The molecular weight excluding hydrogens is 249 g/mol. The molecule has 1 fully saturated rings. The molecule has 5 nitrogen and oxygen atoms in total. The molecule has 1 saturated carbocycles. The van der Waals surface area contributed by atoms with E-state index in [0.717, 1.165) is 31.7 Å². The molecule has 0 bridgehead atoms. The van der Waals surface area contributed by atoms with E-state index in [9.17, 15) is 14.5 Å². The summed E-state index contributed by atoms with van der Waals surface area (Å²) in [5, 5.41) is 13.9. The zero-order valence-electron chi connectivity index (χ0n) is 10.6. The lowest BCUT2D eigenvalue weighted by atomic mass is 9.84. The molecular formula is C13H18FN3O2. The molecule has 0 heterocycles. The summed E-state index contributed by atoms with van der Waals surface area (Å²) >= 11 is 0. The number of non-ortho nitro benzene ring substituents is 1. The summed E-state index contributed by atoms with van der Waals surface area (Å²) in [5.41, 5.74) is 5.95. The Kier molecular flexibility index (Phi) is 4.31. The van der Waals surface area contributed by atoms with Crippen molar-refractivity contribution in [3.63, 3.8) is 0 Å². The van der Waals surface area contributed by atoms with Crippen LogP contribution in [0.1, 0.15) is 25.7 Å². The van der Waals surface area contributed by atoms with Crippen LogP contribution < -0.4 is 11.1 Å². The molecule has 0 spiro atoms. The van der Waals surface area contributed by atoms with Crippen LogP contribution in [0.2, 0.25) is 0 Å². The quantitative estimate of drug-likeness (QED) is 0.649. The van der Waals surface area contributed by atoms with Crippen molar-refractivity contribution in [3.8, 4) is 0 Å². The minimum Gasteiger partial charge on any atom is -0.382 e. The molecule has 0 aromatic heterocycles. The fourth-order valence-electron chi connectivity index (χ4n) is 2.66. The third kappa shape index (κ3) is 3.41. The lowest BCUT2D eigenvalue weighted by Gasteiger charge is -2.32. The highest BCUT2D eigenvalue weighted by Crippen LogP contribution is 2.28. The van der Waals surface area contributed by atoms with Crippen LogP contribution in [-0.2, 0) is 0 Å². The number of halogens is 1. The number of rotatable bonds is 4. The van der Waals surface area contributed by atoms with E-state index in [0.29, 0.717) is 18.2 Å². The summed E-state index contributed by atoms with van der Waals surface area (Å²) in [7, 11) is 0. The van der Waals surface area contributed by atoms with Crippen LogP contribution in [0.3, 0.4) is 0 Å². The Morgan fingerprint density at radius 1 is 1.37 bits per heavy atom. The first kappa shape index (κ1) is 13.7. The van der Waals surface area contributed by atoms with Gasteiger partial charge in [-0.2, -0.15) is 0 Å². The van der Waals surface area contributed by atoms with Crippen LogP contribution in [0.4, 0.5) is 15.8 Å². The number of nitrogens with zero attached hydrogens (tertiary/aromatic N) is 1. The summed E-state index contributed by atoms with van der Waals surface area (Å²) in [6.07, 6.45) is 4.27. The molecule has 0 amide bonds. The van der Waals surface area contributed by atoms with E-state index >= 15 is 0 Å². The monoisotopic (exact) mass is 267 g/mol. The minimum absolute atomic E-state index is 0.167. The first-order valence-electron chi connectivity index (χ1n) is 6.51. The van der Waals surface area contributed by atoms with Crippen molar-refractivity contribution in [2.45, 2.75) is 31.7 Å². The third-order valence-corrected chi connectivity index (χ3v) is 3.66. The van der Waals surface area contributed by atoms with Gasteiger partial charge in [-0.15, -0.1) is 0 Å². The van der Waals surface area contributed by atoms with Gasteiger partial charge in [0.1, 0.15) is 5.82 Å². The molecule has 0 aliphatic heterocycles. The molecule has 6 heteroatoms. The van der Waals surface area contributed by atoms with Gasteiger partial charge in [-0.3, -0.25) is 10.1 Å². The Hall–Kier alpha value is -1.69. The van der Waals surface area contributed by atoms with Gasteiger partial charge >= 0.3 is 0 Å². The second-order valence-corrected chi connectivity index (χ2v) is 4.99. The van der Waals surface area contributed by atoms with E-state index in [-0.39, 0.29) is 11.7 Å². The highest BCUT2D eigenvalue weighted by Gasteiger charge is 2.24. The maximum Gasteiger partial charge on any atom is 0.274 e. The summed E-state index contributed by atoms with van der Waals surface area (Å²) in [6, 6.07) is 3.74. The fraction of sp³-hybridized carbons (Fsp3) is 0.538. The Bertz CT molecular complexity index is 467. The smallest absolute Gasteiger partial charge is 0.274 e. The number of anilines is 1. The second kappa shape index (κ2) is 5.97. The van der Waals surface area contributed by atoms with Crippen LogP contribution in [0.15, 0.2) is 18.2 Å². The zero-order chi connectivity index (χ0) is 13.8. The van der Waals surface area contributed by atoms with Crippen molar-refractivity contribution in [2.75, 3.05) is 11.9 Å². The standard InChI is InChI=1S/C13H18FN3O2/c14-10-5-11(7-12(6-10)17(18)19)16-13-4-2-1-3-9(13)8-15/h5-7,9,13,16H,1-4,8,15H2. The van der Waals surface area contributed by atoms with Gasteiger partial charge in [0.15, 0.2) is 0 Å². The lowest BCUT2D eigenvalue weighted by molar-refractivity contribution is -0.385. The number of benzene rings is 1. The number of nitrogens with one attached hydrogen (secondary N) is 1. The molecule has 2 unspecified atom stereocenters. The van der Waals surface area contributed by atoms with Crippen LogP contribution in [-0.4, -0.2) is 17.5 Å². The number of nitro benzene ring substituents is 1. The molecule has 1 aliphatic carbocycles. The Labute approximate surface area is 111 Å². The average Bonchev–Trinajstić information content (AvgIpc) is 2.38. The molecule has 1 aromatic carbocycles. The molecule has 0 saturated heterocycles. The molecule has 1 aliphatic rings. The number of hydrogen-bond acceptors (Lipinski definition) is 4. The topological polar surface area (TPSA) is 81.2 Å². The largest absolute Gasteiger partial charge is 0.382 e. The molecule has 0 radical (unpaired) electrons. The Balaban J connectivity index is 2.15. The zero-order valence-corrected chi connectivity index (χ0v) is 10.6. The van der Waals surface area contributed by atoms with Gasteiger partial charge in [-0.25, -0.2) is 4.39 Å². The first-order valence-corrected chi connectivity index (χ1v) is 6.51. The van der Waals surface area contributed by atoms with Gasteiger partial charge in [-0.1, -0.05) is 12.8 Å². The van der Waals surface area contributed by atoms with Crippen LogP contribution in [0.25, 0.3) is 0 Å². The van der Waals surface area contributed by atoms with Crippen molar-refractivity contribution < 1.29 is 9.31 Å². The summed E-state index contributed by atoms with van der Waals surface area (Å²) in [6.45, 7) is 0.578. The van der Waals surface area contributed by atoms with Gasteiger partial charge in [0, 0.05) is 17.8 Å². The number of hydrogen-bond donors (Lipinski definition) is 2. The van der Waals surface area contributed by atoms with Gasteiger partial charge < -0.3 is 11.1 Å². The third-order valence-electron chi connectivity index (χ3n) is 3.66. The summed E-state index contributed by atoms with van der Waals surface area (Å²) in [5.74, 6) is -0.257. The molecule has 19 heavy (non-hydrogen) atoms. The van der Waals surface area contributed by atoms with Crippen molar-refractivity contribution in [3.05, 3.63) is 34.1 Å². The molecule has 2 rings (SSSR count). The lowest BCUT2D eigenvalue weighted by Crippen LogP contribution is -2.36. The maximum atomic E-state index is 13.4. The average molecular weight is 267 g/mol. The van der Waals surface area contributed by atoms with Crippen LogP contribution in [0, 0.1) is 21.8 Å². The fourth-order valence-corrected chi connectivity index (χ4v) is 2.66. The van der Waals surface area contributed by atoms with Crippen molar-refractivity contribution in [1.82, 2.24) is 0 Å². The predicted molar refractivity (Wildman–Crippen MR) is 71.5 cm³/mol. The van der Waals surface area contributed by atoms with E-state index in [2.05, 4.69) is 5.32 Å². The van der Waals surface area contributed by atoms with E-state index < -0.39 is 10.7 Å². The Morgan fingerprint density at radius 3 is 2.79 bits per heavy atom. The van der Waals surface area contributed by atoms with Gasteiger partial charge in [0.05, 0.1) is 11.0 Å². The highest BCUT2D eigenvalue weighted by atomic mass is 19.1. The van der Waals surface area contributed by atoms with Crippen LogP contribution in [0.5, 0.6) is 0 Å². The van der Waals surface area contributed by atoms with E-state index in [1.165, 1.54) is 12.1 Å². The number of nitrogens with two attached hydrogens (primary N) is 1. The highest BCUT2D eigenvalue weighted by molar-refractivity contribution is 5.52. The Morgan fingerprint density at radius 2 is 2.11 bits per heavy atom. The van der Waals surface area contributed by atoms with E-state index in [4.69, 9.17) is 5.73 Å². The predicted octanol–water partition coefficient (Wildman–Crippen LogP) is 2.66. The van der Waals surface area contributed by atoms with Crippen molar-refractivity contribution >= 4 is 11.4 Å². The van der Waals surface area contributed by atoms with Crippen molar-refractivity contribution in [2.24, 2.45) is 11.7 Å². The molecule has 104 valence electrons. The maximum absolute atomic E-state index is 13.4. The summed E-state index contributed by atoms with van der Waals surface area (Å²) in [4.78, 5) is 10.1. The molecule has 3 N–H and O–H groups in total. The second-order valence-electron chi connectivity index (χ2n) is 4.99. The van der Waals surface area contributed by atoms with Gasteiger partial charge in [0.25, 0.3) is 5.69 Å². The normalized spacial score (nSPS) is 23.1. The van der Waals surface area contributed by atoms with E-state index in [1.54, 1.807) is 0 Å². The van der Waals surface area contributed by atoms with Crippen LogP contribution >= 0.6 is 0 Å². The van der Waals surface area contributed by atoms with Crippen molar-refractivity contribution in [1.29, 1.82) is 0 Å².